The van der Waals surface area contributed by atoms with E-state index in [1.165, 1.54) is 11.1 Å². The van der Waals surface area contributed by atoms with E-state index in [2.05, 4.69) is 35.3 Å². The molecule has 0 heterocycles. The maximum atomic E-state index is 5.36. The first-order valence-electron chi connectivity index (χ1n) is 7.32. The van der Waals surface area contributed by atoms with Crippen molar-refractivity contribution in [2.24, 2.45) is 0 Å². The van der Waals surface area contributed by atoms with Crippen LogP contribution in [0, 0.1) is 0 Å². The summed E-state index contributed by atoms with van der Waals surface area (Å²) in [5.41, 5.74) is 2.79. The number of hydrogen-bond acceptors (Lipinski definition) is 4. The minimum Gasteiger partial charge on any atom is -0.497 e. The van der Waals surface area contributed by atoms with E-state index < -0.39 is 0 Å². The molecule has 2 unspecified atom stereocenters. The fraction of sp³-hybridized carbons (Fsp3) is 0.625. The topological polar surface area (TPSA) is 33.7 Å². The largest absolute Gasteiger partial charge is 0.497 e. The fourth-order valence-electron chi connectivity index (χ4n) is 3.18. The number of rotatable bonds is 7. The molecular formula is C16H26N2O2. The van der Waals surface area contributed by atoms with Crippen LogP contribution in [0.3, 0.4) is 0 Å². The Morgan fingerprint density at radius 1 is 1.35 bits per heavy atom. The van der Waals surface area contributed by atoms with Crippen LogP contribution in [-0.2, 0) is 11.2 Å². The van der Waals surface area contributed by atoms with Crippen LogP contribution >= 0.6 is 0 Å². The molecule has 0 fully saturated rings. The molecule has 1 aromatic carbocycles. The van der Waals surface area contributed by atoms with Crippen molar-refractivity contribution in [3.8, 4) is 5.75 Å². The van der Waals surface area contributed by atoms with E-state index in [1.807, 2.05) is 7.05 Å². The Labute approximate surface area is 122 Å². The molecule has 20 heavy (non-hydrogen) atoms. The maximum Gasteiger partial charge on any atom is 0.119 e. The lowest BCUT2D eigenvalue weighted by Gasteiger charge is -2.32. The molecule has 0 aliphatic heterocycles. The summed E-state index contributed by atoms with van der Waals surface area (Å²) in [6.45, 7) is 5.00. The Hall–Kier alpha value is -1.10. The van der Waals surface area contributed by atoms with Gasteiger partial charge in [-0.3, -0.25) is 4.90 Å². The van der Waals surface area contributed by atoms with Crippen molar-refractivity contribution in [3.05, 3.63) is 29.3 Å². The van der Waals surface area contributed by atoms with Gasteiger partial charge in [0.2, 0.25) is 0 Å². The number of methoxy groups -OCH3 is 2. The molecule has 0 bridgehead atoms. The molecule has 0 spiro atoms. The number of hydrogen-bond donors (Lipinski definition) is 1. The first-order chi connectivity index (χ1) is 9.74. The quantitative estimate of drug-likeness (QED) is 0.825. The van der Waals surface area contributed by atoms with Crippen molar-refractivity contribution >= 4 is 0 Å². The van der Waals surface area contributed by atoms with Gasteiger partial charge >= 0.3 is 0 Å². The van der Waals surface area contributed by atoms with Crippen molar-refractivity contribution < 1.29 is 9.47 Å². The van der Waals surface area contributed by atoms with Crippen LogP contribution in [-0.4, -0.2) is 51.9 Å². The Kier molecular flexibility index (Phi) is 5.40. The second kappa shape index (κ2) is 7.07. The summed E-state index contributed by atoms with van der Waals surface area (Å²) < 4.78 is 10.6. The lowest BCUT2D eigenvalue weighted by molar-refractivity contribution is 0.112. The number of fused-ring (bicyclic) bond motifs is 1. The van der Waals surface area contributed by atoms with Gasteiger partial charge in [-0.2, -0.15) is 0 Å². The summed E-state index contributed by atoms with van der Waals surface area (Å²) in [6.07, 6.45) is 1.09. The summed E-state index contributed by atoms with van der Waals surface area (Å²) in [5, 5.41) is 3.47. The summed E-state index contributed by atoms with van der Waals surface area (Å²) in [7, 11) is 5.52. The zero-order valence-corrected chi connectivity index (χ0v) is 13.0. The first kappa shape index (κ1) is 15.3. The van der Waals surface area contributed by atoms with E-state index in [-0.39, 0.29) is 0 Å². The van der Waals surface area contributed by atoms with E-state index in [1.54, 1.807) is 14.2 Å². The van der Waals surface area contributed by atoms with Crippen molar-refractivity contribution in [1.82, 2.24) is 10.2 Å². The highest BCUT2D eigenvalue weighted by Gasteiger charge is 2.34. The van der Waals surface area contributed by atoms with E-state index >= 15 is 0 Å². The smallest absolute Gasteiger partial charge is 0.119 e. The molecule has 1 aliphatic carbocycles. The van der Waals surface area contributed by atoms with Crippen LogP contribution < -0.4 is 10.1 Å². The third-order valence-corrected chi connectivity index (χ3v) is 4.27. The molecule has 0 saturated carbocycles. The number of likely N-dealkylation sites (N-methyl/N-ethyl adjacent to an activating group) is 2. The van der Waals surface area contributed by atoms with Gasteiger partial charge in [0, 0.05) is 25.7 Å². The van der Waals surface area contributed by atoms with Crippen LogP contribution in [0.25, 0.3) is 0 Å². The van der Waals surface area contributed by atoms with Crippen LogP contribution in [0.1, 0.15) is 24.1 Å². The van der Waals surface area contributed by atoms with Gasteiger partial charge in [0.1, 0.15) is 5.75 Å². The number of nitrogens with zero attached hydrogens (tertiary/aromatic N) is 1. The maximum absolute atomic E-state index is 5.36. The van der Waals surface area contributed by atoms with E-state index in [4.69, 9.17) is 9.47 Å². The first-order valence-corrected chi connectivity index (χ1v) is 7.32. The second-order valence-electron chi connectivity index (χ2n) is 5.22. The van der Waals surface area contributed by atoms with Crippen molar-refractivity contribution in [1.29, 1.82) is 0 Å². The average molecular weight is 278 g/mol. The van der Waals surface area contributed by atoms with Crippen molar-refractivity contribution in [3.63, 3.8) is 0 Å². The van der Waals surface area contributed by atoms with Gasteiger partial charge in [0.05, 0.1) is 13.7 Å². The minimum atomic E-state index is 0.358. The molecule has 0 saturated heterocycles. The van der Waals surface area contributed by atoms with Gasteiger partial charge in [-0.15, -0.1) is 0 Å². The summed E-state index contributed by atoms with van der Waals surface area (Å²) >= 11 is 0. The lowest BCUT2D eigenvalue weighted by Crippen LogP contribution is -2.43. The molecule has 1 N–H and O–H groups in total. The Morgan fingerprint density at radius 3 is 2.75 bits per heavy atom. The molecule has 4 heteroatoms. The molecule has 2 rings (SSSR count). The van der Waals surface area contributed by atoms with Gasteiger partial charge in [0.25, 0.3) is 0 Å². The highest BCUT2D eigenvalue weighted by molar-refractivity contribution is 5.42. The third-order valence-electron chi connectivity index (χ3n) is 4.27. The predicted octanol–water partition coefficient (Wildman–Crippen LogP) is 1.85. The predicted molar refractivity (Wildman–Crippen MR) is 81.4 cm³/mol. The normalized spacial score (nSPS) is 21.2. The molecule has 4 nitrogen and oxygen atoms in total. The van der Waals surface area contributed by atoms with Gasteiger partial charge in [0.15, 0.2) is 0 Å². The lowest BCUT2D eigenvalue weighted by atomic mass is 10.1. The molecule has 0 radical (unpaired) electrons. The monoisotopic (exact) mass is 278 g/mol. The van der Waals surface area contributed by atoms with Crippen LogP contribution in [0.15, 0.2) is 18.2 Å². The molecule has 112 valence electrons. The zero-order valence-electron chi connectivity index (χ0n) is 13.0. The molecular weight excluding hydrogens is 252 g/mol. The molecule has 0 amide bonds. The minimum absolute atomic E-state index is 0.358. The van der Waals surface area contributed by atoms with Crippen LogP contribution in [0.5, 0.6) is 5.75 Å². The van der Waals surface area contributed by atoms with E-state index in [9.17, 15) is 0 Å². The average Bonchev–Trinajstić information content (AvgIpc) is 2.85. The Bertz CT molecular complexity index is 436. The van der Waals surface area contributed by atoms with Crippen LogP contribution in [0.2, 0.25) is 0 Å². The zero-order chi connectivity index (χ0) is 14.5. The molecule has 2 atom stereocenters. The Morgan fingerprint density at radius 2 is 2.15 bits per heavy atom. The van der Waals surface area contributed by atoms with E-state index in [0.29, 0.717) is 12.1 Å². The third kappa shape index (κ3) is 2.97. The van der Waals surface area contributed by atoms with Crippen molar-refractivity contribution in [2.45, 2.75) is 25.4 Å². The number of ether oxygens (including phenoxy) is 2. The number of benzene rings is 1. The summed E-state index contributed by atoms with van der Waals surface area (Å²) in [6, 6.07) is 7.27. The van der Waals surface area contributed by atoms with Gasteiger partial charge < -0.3 is 14.8 Å². The molecule has 1 aliphatic rings. The molecule has 1 aromatic rings. The highest BCUT2D eigenvalue weighted by Crippen LogP contribution is 2.36. The standard InChI is InChI=1S/C16H26N2O2/c1-5-18(8-9-19-3)15-10-12-6-7-13(20-4)11-14(12)16(15)17-2/h6-7,11,15-17H,5,8-10H2,1-4H3. The van der Waals surface area contributed by atoms with E-state index in [0.717, 1.165) is 31.9 Å². The SMILES string of the molecule is CCN(CCOC)C1Cc2ccc(OC)cc2C1NC. The van der Waals surface area contributed by atoms with Gasteiger partial charge in [-0.25, -0.2) is 0 Å². The van der Waals surface area contributed by atoms with Gasteiger partial charge in [-0.1, -0.05) is 13.0 Å². The van der Waals surface area contributed by atoms with Crippen molar-refractivity contribution in [2.75, 3.05) is 41.0 Å². The second-order valence-corrected chi connectivity index (χ2v) is 5.22. The Balaban J connectivity index is 2.21. The molecule has 0 aromatic heterocycles. The fourth-order valence-corrected chi connectivity index (χ4v) is 3.18. The van der Waals surface area contributed by atoms with Gasteiger partial charge in [-0.05, 0) is 43.3 Å². The highest BCUT2D eigenvalue weighted by atomic mass is 16.5. The summed E-state index contributed by atoms with van der Waals surface area (Å²) in [5.74, 6) is 0.935. The summed E-state index contributed by atoms with van der Waals surface area (Å²) in [4.78, 5) is 2.50. The number of nitrogens with one attached hydrogen (secondary N) is 1. The van der Waals surface area contributed by atoms with Crippen LogP contribution in [0.4, 0.5) is 0 Å².